The maximum atomic E-state index is 6.28. The smallest absolute Gasteiger partial charge is 0.216 e. The minimum absolute atomic E-state index is 0.232. The van der Waals surface area contributed by atoms with Crippen LogP contribution >= 0.6 is 0 Å². The van der Waals surface area contributed by atoms with Crippen LogP contribution in [0.2, 0.25) is 0 Å². The van der Waals surface area contributed by atoms with E-state index in [0.29, 0.717) is 12.0 Å². The topological polar surface area (TPSA) is 21.6 Å². The van der Waals surface area contributed by atoms with Gasteiger partial charge in [-0.05, 0) is 37.0 Å². The van der Waals surface area contributed by atoms with Crippen LogP contribution < -0.4 is 0 Å². The molecule has 0 spiro atoms. The second-order valence-electron chi connectivity index (χ2n) is 6.26. The van der Waals surface area contributed by atoms with E-state index in [1.165, 1.54) is 24.8 Å². The van der Waals surface area contributed by atoms with Crippen LogP contribution in [-0.4, -0.2) is 12.0 Å². The number of ether oxygens (including phenoxy) is 1. The molecule has 1 aliphatic heterocycles. The zero-order chi connectivity index (χ0) is 14.8. The van der Waals surface area contributed by atoms with E-state index in [4.69, 9.17) is 9.73 Å². The van der Waals surface area contributed by atoms with E-state index in [1.807, 2.05) is 18.2 Å². The lowest BCUT2D eigenvalue weighted by Gasteiger charge is -2.39. The number of nitrogens with zero attached hydrogens (tertiary/aromatic N) is 1. The second kappa shape index (κ2) is 5.96. The van der Waals surface area contributed by atoms with Gasteiger partial charge in [0.05, 0.1) is 6.04 Å². The molecular formula is C20H21NO. The fraction of sp³-hybridized carbons (Fsp3) is 0.350. The molecule has 2 aliphatic rings. The summed E-state index contributed by atoms with van der Waals surface area (Å²) in [7, 11) is 0. The van der Waals surface area contributed by atoms with E-state index in [-0.39, 0.29) is 6.04 Å². The summed E-state index contributed by atoms with van der Waals surface area (Å²) in [5.41, 5.74) is 2.41. The molecule has 0 N–H and O–H groups in total. The summed E-state index contributed by atoms with van der Waals surface area (Å²) in [5.74, 6) is 1.33. The van der Waals surface area contributed by atoms with Gasteiger partial charge in [0, 0.05) is 11.5 Å². The van der Waals surface area contributed by atoms with Gasteiger partial charge in [-0.3, -0.25) is 0 Å². The first kappa shape index (κ1) is 13.6. The van der Waals surface area contributed by atoms with Crippen molar-refractivity contribution >= 4 is 5.90 Å². The predicted octanol–water partition coefficient (Wildman–Crippen LogP) is 4.76. The highest BCUT2D eigenvalue weighted by Crippen LogP contribution is 2.42. The Balaban J connectivity index is 1.75. The minimum Gasteiger partial charge on any atom is -0.474 e. The van der Waals surface area contributed by atoms with E-state index in [1.54, 1.807) is 0 Å². The van der Waals surface area contributed by atoms with Crippen molar-refractivity contribution in [1.82, 2.24) is 0 Å². The number of benzene rings is 2. The molecular weight excluding hydrogens is 270 g/mol. The largest absolute Gasteiger partial charge is 0.474 e. The van der Waals surface area contributed by atoms with Crippen molar-refractivity contribution in [3.8, 4) is 0 Å². The van der Waals surface area contributed by atoms with Gasteiger partial charge in [-0.25, -0.2) is 4.99 Å². The maximum absolute atomic E-state index is 6.28. The van der Waals surface area contributed by atoms with Crippen molar-refractivity contribution in [2.24, 2.45) is 10.9 Å². The lowest BCUT2D eigenvalue weighted by molar-refractivity contribution is 0.0501. The summed E-state index contributed by atoms with van der Waals surface area (Å²) in [6, 6.07) is 21.2. The maximum Gasteiger partial charge on any atom is 0.216 e. The predicted molar refractivity (Wildman–Crippen MR) is 89.0 cm³/mol. The van der Waals surface area contributed by atoms with Crippen molar-refractivity contribution in [2.45, 2.75) is 37.8 Å². The van der Waals surface area contributed by atoms with Gasteiger partial charge in [0.1, 0.15) is 6.10 Å². The summed E-state index contributed by atoms with van der Waals surface area (Å²) in [5, 5.41) is 0. The van der Waals surface area contributed by atoms with Crippen molar-refractivity contribution in [2.75, 3.05) is 0 Å². The fourth-order valence-electron chi connectivity index (χ4n) is 3.72. The molecule has 0 amide bonds. The van der Waals surface area contributed by atoms with Gasteiger partial charge in [-0.1, -0.05) is 55.0 Å². The first-order valence-electron chi connectivity index (χ1n) is 8.26. The number of hydrogen-bond donors (Lipinski definition) is 0. The zero-order valence-corrected chi connectivity index (χ0v) is 12.7. The Morgan fingerprint density at radius 2 is 1.50 bits per heavy atom. The molecule has 0 saturated heterocycles. The highest BCUT2D eigenvalue weighted by Gasteiger charge is 2.38. The SMILES string of the molecule is c1ccc(C2=NC(c3ccccc3)C3CCCCC3O2)cc1. The minimum atomic E-state index is 0.232. The van der Waals surface area contributed by atoms with Crippen molar-refractivity contribution in [3.63, 3.8) is 0 Å². The van der Waals surface area contributed by atoms with Gasteiger partial charge in [0.15, 0.2) is 0 Å². The quantitative estimate of drug-likeness (QED) is 0.781. The van der Waals surface area contributed by atoms with Crippen LogP contribution in [0, 0.1) is 5.92 Å². The molecule has 4 rings (SSSR count). The monoisotopic (exact) mass is 291 g/mol. The van der Waals surface area contributed by atoms with E-state index in [2.05, 4.69) is 42.5 Å². The Kier molecular flexibility index (Phi) is 3.67. The summed E-state index contributed by atoms with van der Waals surface area (Å²) in [6.07, 6.45) is 5.25. The Morgan fingerprint density at radius 3 is 2.27 bits per heavy atom. The first-order chi connectivity index (χ1) is 10.9. The van der Waals surface area contributed by atoms with Crippen LogP contribution in [0.15, 0.2) is 65.7 Å². The van der Waals surface area contributed by atoms with Gasteiger partial charge in [-0.2, -0.15) is 0 Å². The van der Waals surface area contributed by atoms with E-state index in [0.717, 1.165) is 17.9 Å². The lowest BCUT2D eigenvalue weighted by Crippen LogP contribution is -2.38. The summed E-state index contributed by atoms with van der Waals surface area (Å²) >= 11 is 0. The van der Waals surface area contributed by atoms with E-state index in [9.17, 15) is 0 Å². The molecule has 0 aromatic heterocycles. The van der Waals surface area contributed by atoms with Gasteiger partial charge in [-0.15, -0.1) is 0 Å². The fourth-order valence-corrected chi connectivity index (χ4v) is 3.72. The van der Waals surface area contributed by atoms with Crippen molar-refractivity contribution in [3.05, 3.63) is 71.8 Å². The zero-order valence-electron chi connectivity index (χ0n) is 12.7. The molecule has 1 heterocycles. The molecule has 0 radical (unpaired) electrons. The molecule has 1 fully saturated rings. The average molecular weight is 291 g/mol. The van der Waals surface area contributed by atoms with Crippen molar-refractivity contribution < 1.29 is 4.74 Å². The highest BCUT2D eigenvalue weighted by molar-refractivity contribution is 5.94. The number of fused-ring (bicyclic) bond motifs is 1. The molecule has 2 aromatic rings. The molecule has 3 atom stereocenters. The lowest BCUT2D eigenvalue weighted by atomic mass is 9.78. The highest BCUT2D eigenvalue weighted by atomic mass is 16.5. The Labute approximate surface area is 131 Å². The van der Waals surface area contributed by atoms with Crippen LogP contribution in [0.5, 0.6) is 0 Å². The van der Waals surface area contributed by atoms with Crippen LogP contribution in [0.3, 0.4) is 0 Å². The summed E-state index contributed by atoms with van der Waals surface area (Å²) in [6.45, 7) is 0. The van der Waals surface area contributed by atoms with E-state index < -0.39 is 0 Å². The Morgan fingerprint density at radius 1 is 0.818 bits per heavy atom. The summed E-state index contributed by atoms with van der Waals surface area (Å²) < 4.78 is 6.28. The molecule has 22 heavy (non-hydrogen) atoms. The number of aliphatic imine (C=N–C) groups is 1. The summed E-state index contributed by atoms with van der Waals surface area (Å²) in [4.78, 5) is 5.00. The molecule has 2 nitrogen and oxygen atoms in total. The second-order valence-corrected chi connectivity index (χ2v) is 6.26. The van der Waals surface area contributed by atoms with Gasteiger partial charge in [0.25, 0.3) is 0 Å². The molecule has 1 saturated carbocycles. The van der Waals surface area contributed by atoms with Crippen LogP contribution in [-0.2, 0) is 4.74 Å². The molecule has 2 aromatic carbocycles. The number of hydrogen-bond acceptors (Lipinski definition) is 2. The van der Waals surface area contributed by atoms with Crippen LogP contribution in [0.4, 0.5) is 0 Å². The van der Waals surface area contributed by atoms with Crippen LogP contribution in [0.25, 0.3) is 0 Å². The molecule has 2 heteroatoms. The Bertz CT molecular complexity index is 650. The van der Waals surface area contributed by atoms with Crippen molar-refractivity contribution in [1.29, 1.82) is 0 Å². The molecule has 0 bridgehead atoms. The van der Waals surface area contributed by atoms with Gasteiger partial charge >= 0.3 is 0 Å². The van der Waals surface area contributed by atoms with E-state index >= 15 is 0 Å². The third-order valence-corrected chi connectivity index (χ3v) is 4.84. The average Bonchev–Trinajstić information content (AvgIpc) is 2.62. The normalized spacial score (nSPS) is 27.5. The molecule has 112 valence electrons. The van der Waals surface area contributed by atoms with Crippen LogP contribution in [0.1, 0.15) is 42.9 Å². The van der Waals surface area contributed by atoms with Gasteiger partial charge < -0.3 is 4.74 Å². The standard InChI is InChI=1S/C20H21NO/c1-3-9-15(10-4-1)19-17-13-7-8-14-18(17)22-20(21-19)16-11-5-2-6-12-16/h1-6,9-12,17-19H,7-8,13-14H2. The first-order valence-corrected chi connectivity index (χ1v) is 8.26. The molecule has 3 unspecified atom stereocenters. The number of rotatable bonds is 2. The van der Waals surface area contributed by atoms with Gasteiger partial charge in [0.2, 0.25) is 5.90 Å². The molecule has 1 aliphatic carbocycles. The third kappa shape index (κ3) is 2.54. The third-order valence-electron chi connectivity index (χ3n) is 4.84. The Hall–Kier alpha value is -2.09.